The number of halogens is 1. The van der Waals surface area contributed by atoms with Crippen LogP contribution in [0.3, 0.4) is 0 Å². The fraction of sp³-hybridized carbons (Fsp3) is 0.200. The Labute approximate surface area is 175 Å². The van der Waals surface area contributed by atoms with Gasteiger partial charge in [-0.15, -0.1) is 5.10 Å². The molecule has 0 amide bonds. The predicted molar refractivity (Wildman–Crippen MR) is 104 cm³/mol. The van der Waals surface area contributed by atoms with E-state index in [1.807, 2.05) is 47.1 Å². The second-order valence-electron chi connectivity index (χ2n) is 6.91. The maximum Gasteiger partial charge on any atom is 0.280 e. The Kier molecular flexibility index (Phi) is 3.96. The maximum atomic E-state index is 6.03. The van der Waals surface area contributed by atoms with Crippen LogP contribution in [-0.4, -0.2) is 31.9 Å². The molecule has 0 aliphatic carbocycles. The number of aromatic nitrogens is 5. The van der Waals surface area contributed by atoms with Crippen molar-refractivity contribution in [3.8, 4) is 34.5 Å². The first-order valence-corrected chi connectivity index (χ1v) is 9.66. The first kappa shape index (κ1) is 17.4. The van der Waals surface area contributed by atoms with Crippen LogP contribution in [0.4, 0.5) is 0 Å². The molecule has 30 heavy (non-hydrogen) atoms. The van der Waals surface area contributed by atoms with Crippen molar-refractivity contribution >= 4 is 11.6 Å². The van der Waals surface area contributed by atoms with Crippen molar-refractivity contribution in [2.45, 2.75) is 19.3 Å². The summed E-state index contributed by atoms with van der Waals surface area (Å²) in [5.74, 6) is 2.07. The largest absolute Gasteiger partial charge is 0.454 e. The zero-order chi connectivity index (χ0) is 20.1. The van der Waals surface area contributed by atoms with E-state index in [1.54, 1.807) is 0 Å². The van der Waals surface area contributed by atoms with E-state index in [0.717, 1.165) is 16.8 Å². The van der Waals surface area contributed by atoms with Gasteiger partial charge in [-0.25, -0.2) is 4.68 Å². The number of hydrogen-bond acceptors (Lipinski definition) is 8. The van der Waals surface area contributed by atoms with E-state index in [-0.39, 0.29) is 18.8 Å². The molecule has 0 spiro atoms. The highest BCUT2D eigenvalue weighted by Crippen LogP contribution is 2.36. The van der Waals surface area contributed by atoms with Crippen LogP contribution in [0, 0.1) is 0 Å². The normalized spacial score (nSPS) is 17.2. The lowest BCUT2D eigenvalue weighted by atomic mass is 10.1. The van der Waals surface area contributed by atoms with Gasteiger partial charge in [0.15, 0.2) is 17.2 Å². The van der Waals surface area contributed by atoms with Crippen molar-refractivity contribution in [2.75, 3.05) is 6.79 Å². The quantitative estimate of drug-likeness (QED) is 0.492. The Hall–Kier alpha value is -3.43. The molecule has 0 saturated heterocycles. The van der Waals surface area contributed by atoms with Crippen LogP contribution < -0.4 is 9.47 Å². The lowest BCUT2D eigenvalue weighted by Crippen LogP contribution is -2.22. The van der Waals surface area contributed by atoms with Crippen molar-refractivity contribution in [3.63, 3.8) is 0 Å². The van der Waals surface area contributed by atoms with Gasteiger partial charge in [0.25, 0.3) is 5.89 Å². The monoisotopic (exact) mass is 423 g/mol. The van der Waals surface area contributed by atoms with Gasteiger partial charge < -0.3 is 18.7 Å². The van der Waals surface area contributed by atoms with Gasteiger partial charge in [0, 0.05) is 10.6 Å². The summed E-state index contributed by atoms with van der Waals surface area (Å²) in [6.07, 6.45) is -0.129. The molecule has 1 unspecified atom stereocenters. The summed E-state index contributed by atoms with van der Waals surface area (Å²) in [5.41, 5.74) is 3.10. The number of fused-ring (bicyclic) bond motifs is 2. The van der Waals surface area contributed by atoms with Crippen LogP contribution in [0.2, 0.25) is 5.02 Å². The minimum absolute atomic E-state index is 0.129. The van der Waals surface area contributed by atoms with E-state index >= 15 is 0 Å². The SMILES string of the molecule is Clc1ccc(C2Cn3nnc(-c4nc(-c5ccc6c(c5)OCO6)no4)c3CO2)cc1. The van der Waals surface area contributed by atoms with E-state index in [9.17, 15) is 0 Å². The molecule has 0 bridgehead atoms. The summed E-state index contributed by atoms with van der Waals surface area (Å²) in [7, 11) is 0. The zero-order valence-corrected chi connectivity index (χ0v) is 16.2. The highest BCUT2D eigenvalue weighted by atomic mass is 35.5. The van der Waals surface area contributed by atoms with Crippen molar-refractivity contribution in [2.24, 2.45) is 0 Å². The Balaban J connectivity index is 1.27. The van der Waals surface area contributed by atoms with Crippen LogP contribution in [0.25, 0.3) is 23.0 Å². The Morgan fingerprint density at radius 1 is 1.03 bits per heavy atom. The summed E-state index contributed by atoms with van der Waals surface area (Å²) in [6.45, 7) is 1.07. The smallest absolute Gasteiger partial charge is 0.280 e. The molecular weight excluding hydrogens is 410 g/mol. The summed E-state index contributed by atoms with van der Waals surface area (Å²) in [5, 5.41) is 13.3. The third-order valence-electron chi connectivity index (χ3n) is 5.10. The first-order valence-electron chi connectivity index (χ1n) is 9.28. The molecule has 2 aliphatic heterocycles. The number of hydrogen-bond donors (Lipinski definition) is 0. The van der Waals surface area contributed by atoms with Gasteiger partial charge in [-0.2, -0.15) is 4.98 Å². The molecule has 150 valence electrons. The summed E-state index contributed by atoms with van der Waals surface area (Å²) >= 11 is 5.97. The van der Waals surface area contributed by atoms with Crippen molar-refractivity contribution in [3.05, 3.63) is 58.7 Å². The van der Waals surface area contributed by atoms with Crippen LogP contribution in [-0.2, 0) is 17.9 Å². The number of nitrogens with zero attached hydrogens (tertiary/aromatic N) is 5. The molecule has 4 aromatic rings. The van der Waals surface area contributed by atoms with E-state index < -0.39 is 0 Å². The van der Waals surface area contributed by atoms with Crippen LogP contribution in [0.5, 0.6) is 11.5 Å². The van der Waals surface area contributed by atoms with Gasteiger partial charge in [0.1, 0.15) is 6.10 Å². The fourth-order valence-corrected chi connectivity index (χ4v) is 3.66. The highest BCUT2D eigenvalue weighted by Gasteiger charge is 2.28. The van der Waals surface area contributed by atoms with Gasteiger partial charge in [0.2, 0.25) is 12.6 Å². The lowest BCUT2D eigenvalue weighted by Gasteiger charge is -2.24. The van der Waals surface area contributed by atoms with Gasteiger partial charge in [-0.05, 0) is 35.9 Å². The molecule has 0 N–H and O–H groups in total. The topological polar surface area (TPSA) is 97.3 Å². The minimum atomic E-state index is -0.129. The van der Waals surface area contributed by atoms with Gasteiger partial charge in [-0.3, -0.25) is 0 Å². The number of benzene rings is 2. The fourth-order valence-electron chi connectivity index (χ4n) is 3.53. The molecule has 9 nitrogen and oxygen atoms in total. The summed E-state index contributed by atoms with van der Waals surface area (Å²) < 4.78 is 24.0. The van der Waals surface area contributed by atoms with E-state index in [0.29, 0.717) is 41.2 Å². The summed E-state index contributed by atoms with van der Waals surface area (Å²) in [4.78, 5) is 4.48. The van der Waals surface area contributed by atoms with Crippen molar-refractivity contribution < 1.29 is 18.7 Å². The van der Waals surface area contributed by atoms with Crippen molar-refractivity contribution in [1.29, 1.82) is 0 Å². The molecule has 1 atom stereocenters. The molecule has 6 rings (SSSR count). The summed E-state index contributed by atoms with van der Waals surface area (Å²) in [6, 6.07) is 13.1. The van der Waals surface area contributed by atoms with Crippen LogP contribution >= 0.6 is 11.6 Å². The molecule has 2 aromatic heterocycles. The molecule has 10 heteroatoms. The number of ether oxygens (including phenoxy) is 3. The van der Waals surface area contributed by atoms with E-state index in [1.165, 1.54) is 0 Å². The predicted octanol–water partition coefficient (Wildman–Crippen LogP) is 3.65. The highest BCUT2D eigenvalue weighted by molar-refractivity contribution is 6.30. The third-order valence-corrected chi connectivity index (χ3v) is 5.35. The first-order chi connectivity index (χ1) is 14.7. The van der Waals surface area contributed by atoms with Gasteiger partial charge in [0.05, 0.1) is 18.8 Å². The maximum absolute atomic E-state index is 6.03. The molecule has 2 aliphatic rings. The average molecular weight is 424 g/mol. The van der Waals surface area contributed by atoms with E-state index in [2.05, 4.69) is 20.5 Å². The minimum Gasteiger partial charge on any atom is -0.454 e. The third kappa shape index (κ3) is 2.90. The number of rotatable bonds is 3. The van der Waals surface area contributed by atoms with Gasteiger partial charge in [-0.1, -0.05) is 34.1 Å². The average Bonchev–Trinajstić information content (AvgIpc) is 3.51. The Bertz CT molecular complexity index is 1240. The van der Waals surface area contributed by atoms with Crippen LogP contribution in [0.15, 0.2) is 47.0 Å². The molecule has 2 aromatic carbocycles. The molecule has 4 heterocycles. The van der Waals surface area contributed by atoms with Crippen molar-refractivity contribution in [1.82, 2.24) is 25.1 Å². The molecule has 0 radical (unpaired) electrons. The lowest BCUT2D eigenvalue weighted by molar-refractivity contribution is -0.00117. The molecule has 0 fully saturated rings. The second kappa shape index (κ2) is 6.82. The Morgan fingerprint density at radius 2 is 1.90 bits per heavy atom. The molecule has 0 saturated carbocycles. The van der Waals surface area contributed by atoms with Gasteiger partial charge >= 0.3 is 0 Å². The molecular formula is C20H14ClN5O4. The standard InChI is InChI=1S/C20H14ClN5O4/c21-13-4-1-11(2-5-13)17-8-26-14(9-27-17)18(23-25-26)20-22-19(24-30-20)12-3-6-15-16(7-12)29-10-28-15/h1-7,17H,8-10H2. The van der Waals surface area contributed by atoms with Crippen LogP contribution in [0.1, 0.15) is 17.4 Å². The van der Waals surface area contributed by atoms with E-state index in [4.69, 9.17) is 30.3 Å². The Morgan fingerprint density at radius 3 is 2.80 bits per heavy atom. The second-order valence-corrected chi connectivity index (χ2v) is 7.35. The zero-order valence-electron chi connectivity index (χ0n) is 15.5.